The first-order valence-electron chi connectivity index (χ1n) is 5.97. The number of carbonyl (C=O) groups is 1. The van der Waals surface area contributed by atoms with Crippen LogP contribution in [0.4, 0.5) is 0 Å². The van der Waals surface area contributed by atoms with Gasteiger partial charge in [-0.05, 0) is 5.92 Å². The Morgan fingerprint density at radius 1 is 1.47 bits per heavy atom. The van der Waals surface area contributed by atoms with Crippen molar-refractivity contribution in [3.05, 3.63) is 12.2 Å². The lowest BCUT2D eigenvalue weighted by atomic mass is 9.96. The number of aromatic nitrogens is 3. The summed E-state index contributed by atoms with van der Waals surface area (Å²) in [5.41, 5.74) is 0. The number of rotatable bonds is 3. The molecule has 1 aromatic heterocycles. The van der Waals surface area contributed by atoms with Gasteiger partial charge in [0.15, 0.2) is 0 Å². The second-order valence-electron chi connectivity index (χ2n) is 4.72. The minimum absolute atomic E-state index is 0.108. The highest BCUT2D eigenvalue weighted by Gasteiger charge is 2.48. The van der Waals surface area contributed by atoms with E-state index in [1.165, 1.54) is 18.1 Å². The number of aliphatic hydroxyl groups excluding tert-OH is 3. The van der Waals surface area contributed by atoms with Crippen LogP contribution in [0.1, 0.15) is 23.6 Å². The maximum absolute atomic E-state index is 11.3. The van der Waals surface area contributed by atoms with Crippen molar-refractivity contribution in [3.8, 4) is 0 Å². The molecular weight excluding hydrogens is 254 g/mol. The summed E-state index contributed by atoms with van der Waals surface area (Å²) in [5.74, 6) is -1.42. The van der Waals surface area contributed by atoms with Gasteiger partial charge in [-0.2, -0.15) is 0 Å². The van der Waals surface area contributed by atoms with Gasteiger partial charge in [0.25, 0.3) is 5.82 Å². The second-order valence-corrected chi connectivity index (χ2v) is 4.72. The SMILES string of the molecule is COC(=O)c1ncn([C@@H]2[C@@H](C)[C@H](CO)[C@@H](O)[C@H]2O)n1. The number of aliphatic hydroxyl groups is 3. The second kappa shape index (κ2) is 5.24. The Morgan fingerprint density at radius 3 is 2.68 bits per heavy atom. The van der Waals surface area contributed by atoms with Gasteiger partial charge >= 0.3 is 5.97 Å². The van der Waals surface area contributed by atoms with Crippen LogP contribution in [-0.4, -0.2) is 62.0 Å². The fourth-order valence-electron chi connectivity index (χ4n) is 2.61. The molecule has 1 aliphatic carbocycles. The van der Waals surface area contributed by atoms with Gasteiger partial charge in [-0.15, -0.1) is 5.10 Å². The molecule has 1 saturated carbocycles. The Hall–Kier alpha value is -1.51. The molecule has 1 aromatic rings. The van der Waals surface area contributed by atoms with Crippen molar-refractivity contribution in [1.29, 1.82) is 0 Å². The number of ether oxygens (including phenoxy) is 1. The van der Waals surface area contributed by atoms with Crippen LogP contribution in [0.25, 0.3) is 0 Å². The number of hydrogen-bond donors (Lipinski definition) is 3. The Bertz CT molecular complexity index is 463. The molecule has 0 aliphatic heterocycles. The molecule has 3 N–H and O–H groups in total. The average molecular weight is 271 g/mol. The highest BCUT2D eigenvalue weighted by molar-refractivity contribution is 5.84. The van der Waals surface area contributed by atoms with Crippen LogP contribution in [0, 0.1) is 11.8 Å². The van der Waals surface area contributed by atoms with Crippen LogP contribution < -0.4 is 0 Å². The van der Waals surface area contributed by atoms with Crippen LogP contribution in [0.2, 0.25) is 0 Å². The summed E-state index contributed by atoms with van der Waals surface area (Å²) in [4.78, 5) is 15.1. The number of methoxy groups -OCH3 is 1. The highest BCUT2D eigenvalue weighted by Crippen LogP contribution is 2.39. The zero-order valence-corrected chi connectivity index (χ0v) is 10.7. The molecule has 19 heavy (non-hydrogen) atoms. The summed E-state index contributed by atoms with van der Waals surface area (Å²) in [5, 5.41) is 33.1. The monoisotopic (exact) mass is 271 g/mol. The van der Waals surface area contributed by atoms with Crippen molar-refractivity contribution >= 4 is 5.97 Å². The molecule has 0 aromatic carbocycles. The van der Waals surface area contributed by atoms with E-state index >= 15 is 0 Å². The van der Waals surface area contributed by atoms with Gasteiger partial charge in [-0.3, -0.25) is 0 Å². The van der Waals surface area contributed by atoms with E-state index in [9.17, 15) is 20.1 Å². The quantitative estimate of drug-likeness (QED) is 0.578. The summed E-state index contributed by atoms with van der Waals surface area (Å²) < 4.78 is 5.83. The molecule has 0 unspecified atom stereocenters. The van der Waals surface area contributed by atoms with Crippen LogP contribution in [-0.2, 0) is 4.74 Å². The Balaban J connectivity index is 2.26. The maximum atomic E-state index is 11.3. The molecule has 0 radical (unpaired) electrons. The molecule has 0 bridgehead atoms. The summed E-state index contributed by atoms with van der Waals surface area (Å²) in [6.07, 6.45) is -0.793. The third-order valence-electron chi connectivity index (χ3n) is 3.75. The van der Waals surface area contributed by atoms with E-state index in [1.54, 1.807) is 6.92 Å². The molecule has 0 saturated heterocycles. The van der Waals surface area contributed by atoms with E-state index < -0.39 is 30.1 Å². The fraction of sp³-hybridized carbons (Fsp3) is 0.727. The normalized spacial score (nSPS) is 34.5. The molecule has 1 aliphatic rings. The van der Waals surface area contributed by atoms with Gasteiger partial charge in [-0.25, -0.2) is 14.5 Å². The molecule has 106 valence electrons. The molecule has 2 rings (SSSR count). The summed E-state index contributed by atoms with van der Waals surface area (Å²) in [6.45, 7) is 1.57. The van der Waals surface area contributed by atoms with Gasteiger partial charge in [0.1, 0.15) is 12.4 Å². The Kier molecular flexibility index (Phi) is 3.83. The van der Waals surface area contributed by atoms with E-state index in [0.717, 1.165) is 0 Å². The fourth-order valence-corrected chi connectivity index (χ4v) is 2.61. The smallest absolute Gasteiger partial charge is 0.377 e. The number of carbonyl (C=O) groups excluding carboxylic acids is 1. The van der Waals surface area contributed by atoms with Gasteiger partial charge < -0.3 is 20.1 Å². The number of nitrogens with zero attached hydrogens (tertiary/aromatic N) is 3. The minimum Gasteiger partial charge on any atom is -0.463 e. The first-order chi connectivity index (χ1) is 9.01. The predicted molar refractivity (Wildman–Crippen MR) is 62.2 cm³/mol. The predicted octanol–water partition coefficient (Wildman–Crippen LogP) is -1.41. The van der Waals surface area contributed by atoms with Crippen molar-refractivity contribution in [2.24, 2.45) is 11.8 Å². The van der Waals surface area contributed by atoms with Crippen molar-refractivity contribution in [2.45, 2.75) is 25.2 Å². The summed E-state index contributed by atoms with van der Waals surface area (Å²) >= 11 is 0. The van der Waals surface area contributed by atoms with Crippen LogP contribution >= 0.6 is 0 Å². The zero-order valence-electron chi connectivity index (χ0n) is 10.7. The van der Waals surface area contributed by atoms with Gasteiger partial charge in [0.2, 0.25) is 0 Å². The van der Waals surface area contributed by atoms with Crippen molar-refractivity contribution in [3.63, 3.8) is 0 Å². The van der Waals surface area contributed by atoms with Crippen LogP contribution in [0.15, 0.2) is 6.33 Å². The van der Waals surface area contributed by atoms with Crippen molar-refractivity contribution < 1.29 is 24.9 Å². The first kappa shape index (κ1) is 13.9. The lowest BCUT2D eigenvalue weighted by molar-refractivity contribution is -0.00587. The highest BCUT2D eigenvalue weighted by atomic mass is 16.5. The van der Waals surface area contributed by atoms with Gasteiger partial charge in [0, 0.05) is 12.5 Å². The van der Waals surface area contributed by atoms with Crippen molar-refractivity contribution in [2.75, 3.05) is 13.7 Å². The third kappa shape index (κ3) is 2.22. The summed E-state index contributed by atoms with van der Waals surface area (Å²) in [6, 6.07) is -0.543. The number of hydrogen-bond acceptors (Lipinski definition) is 7. The topological polar surface area (TPSA) is 118 Å². The standard InChI is InChI=1S/C11H17N3O5/c1-5-6(3-15)8(16)9(17)7(5)14-4-12-10(13-14)11(18)19-2/h4-9,15-17H,3H2,1-2H3/t5-,6-,7+,8+,9-/m0/s1. The molecule has 8 nitrogen and oxygen atoms in total. The summed E-state index contributed by atoms with van der Waals surface area (Å²) in [7, 11) is 1.22. The molecular formula is C11H17N3O5. The van der Waals surface area contributed by atoms with Crippen LogP contribution in [0.3, 0.4) is 0 Å². The number of esters is 1. The molecule has 0 spiro atoms. The Morgan fingerprint density at radius 2 is 2.16 bits per heavy atom. The molecule has 8 heteroatoms. The van der Waals surface area contributed by atoms with Crippen LogP contribution in [0.5, 0.6) is 0 Å². The van der Waals surface area contributed by atoms with E-state index in [2.05, 4.69) is 14.8 Å². The van der Waals surface area contributed by atoms with Gasteiger partial charge in [-0.1, -0.05) is 6.92 Å². The average Bonchev–Trinajstić information content (AvgIpc) is 2.94. The van der Waals surface area contributed by atoms with E-state index in [1.807, 2.05) is 0 Å². The maximum Gasteiger partial charge on any atom is 0.377 e. The van der Waals surface area contributed by atoms with E-state index in [4.69, 9.17) is 0 Å². The van der Waals surface area contributed by atoms with E-state index in [0.29, 0.717) is 0 Å². The van der Waals surface area contributed by atoms with Crippen molar-refractivity contribution in [1.82, 2.24) is 14.8 Å². The zero-order chi connectivity index (χ0) is 14.2. The van der Waals surface area contributed by atoms with E-state index in [-0.39, 0.29) is 18.3 Å². The minimum atomic E-state index is -1.07. The third-order valence-corrected chi connectivity index (χ3v) is 3.75. The largest absolute Gasteiger partial charge is 0.463 e. The van der Waals surface area contributed by atoms with Gasteiger partial charge in [0.05, 0.1) is 19.3 Å². The lowest BCUT2D eigenvalue weighted by Gasteiger charge is -2.19. The Labute approximate surface area is 109 Å². The molecule has 1 heterocycles. The molecule has 5 atom stereocenters. The first-order valence-corrected chi connectivity index (χ1v) is 5.97. The molecule has 0 amide bonds. The molecule has 1 fully saturated rings. The lowest BCUT2D eigenvalue weighted by Crippen LogP contribution is -2.30.